The van der Waals surface area contributed by atoms with Crippen LogP contribution in [-0.4, -0.2) is 48.0 Å². The lowest BCUT2D eigenvalue weighted by molar-refractivity contribution is -0.133. The Bertz CT molecular complexity index is 192. The summed E-state index contributed by atoms with van der Waals surface area (Å²) in [5.74, 6) is 0.279. The molecule has 0 aromatic rings. The smallest absolute Gasteiger partial charge is 0.235 e. The number of nitrogens with one attached hydrogen (secondary N) is 1. The van der Waals surface area contributed by atoms with E-state index in [0.29, 0.717) is 6.04 Å². The van der Waals surface area contributed by atoms with Crippen LogP contribution in [0.2, 0.25) is 0 Å². The van der Waals surface area contributed by atoms with Crippen molar-refractivity contribution >= 4 is 30.1 Å². The molecule has 1 saturated heterocycles. The number of carbonyl (C=O) groups is 1. The number of piperazine rings is 1. The highest BCUT2D eigenvalue weighted by Gasteiger charge is 2.25. The quantitative estimate of drug-likeness (QED) is 0.779. The Morgan fingerprint density at radius 3 is 2.79 bits per heavy atom. The van der Waals surface area contributed by atoms with Gasteiger partial charge in [0.25, 0.3) is 0 Å². The first-order valence-electron chi connectivity index (χ1n) is 4.70. The van der Waals surface area contributed by atoms with Crippen molar-refractivity contribution in [3.8, 4) is 0 Å². The van der Waals surface area contributed by atoms with Gasteiger partial charge in [-0.3, -0.25) is 4.79 Å². The number of nitrogens with zero attached hydrogens (tertiary/aromatic N) is 1. The first kappa shape index (κ1) is 14.1. The summed E-state index contributed by atoms with van der Waals surface area (Å²) in [4.78, 5) is 13.8. The Labute approximate surface area is 96.4 Å². The lowest BCUT2D eigenvalue weighted by atomic mass is 10.2. The third-order valence-corrected chi connectivity index (χ3v) is 3.39. The van der Waals surface area contributed by atoms with Gasteiger partial charge in [0.15, 0.2) is 0 Å². The van der Waals surface area contributed by atoms with Gasteiger partial charge < -0.3 is 10.2 Å². The predicted octanol–water partition coefficient (Wildman–Crippen LogP) is 0.980. The van der Waals surface area contributed by atoms with Crippen LogP contribution in [0.25, 0.3) is 0 Å². The van der Waals surface area contributed by atoms with E-state index in [2.05, 4.69) is 12.2 Å². The normalized spacial score (nSPS) is 23.9. The number of carbonyl (C=O) groups excluding carboxylic acids is 1. The van der Waals surface area contributed by atoms with Crippen LogP contribution in [0, 0.1) is 0 Å². The zero-order valence-electron chi connectivity index (χ0n) is 8.95. The van der Waals surface area contributed by atoms with Crippen molar-refractivity contribution in [1.29, 1.82) is 0 Å². The summed E-state index contributed by atoms with van der Waals surface area (Å²) in [7, 11) is 0. The number of halogens is 1. The predicted molar refractivity (Wildman–Crippen MR) is 64.3 cm³/mol. The van der Waals surface area contributed by atoms with Gasteiger partial charge in [-0.1, -0.05) is 0 Å². The van der Waals surface area contributed by atoms with Crippen molar-refractivity contribution in [2.45, 2.75) is 25.1 Å². The van der Waals surface area contributed by atoms with Crippen LogP contribution in [-0.2, 0) is 4.79 Å². The van der Waals surface area contributed by atoms with E-state index in [0.717, 1.165) is 19.6 Å². The Hall–Kier alpha value is 0.0700. The van der Waals surface area contributed by atoms with E-state index < -0.39 is 0 Å². The van der Waals surface area contributed by atoms with E-state index >= 15 is 0 Å². The molecule has 1 rings (SSSR count). The van der Waals surface area contributed by atoms with E-state index in [1.807, 2.05) is 18.1 Å². The Balaban J connectivity index is 0.00000169. The maximum atomic E-state index is 11.8. The van der Waals surface area contributed by atoms with Crippen molar-refractivity contribution in [3.05, 3.63) is 0 Å². The summed E-state index contributed by atoms with van der Waals surface area (Å²) in [5.41, 5.74) is 0. The lowest BCUT2D eigenvalue weighted by Crippen LogP contribution is -2.54. The summed E-state index contributed by atoms with van der Waals surface area (Å²) in [5, 5.41) is 3.37. The molecule has 0 spiro atoms. The summed E-state index contributed by atoms with van der Waals surface area (Å²) in [6.45, 7) is 6.77. The number of rotatable bonds is 2. The molecule has 0 aromatic heterocycles. The zero-order valence-corrected chi connectivity index (χ0v) is 10.6. The maximum Gasteiger partial charge on any atom is 0.235 e. The van der Waals surface area contributed by atoms with Crippen LogP contribution in [0.4, 0.5) is 0 Å². The van der Waals surface area contributed by atoms with Gasteiger partial charge in [-0.2, -0.15) is 11.8 Å². The minimum absolute atomic E-state index is 0. The molecule has 2 atom stereocenters. The average molecular weight is 239 g/mol. The molecule has 1 N–H and O–H groups in total. The van der Waals surface area contributed by atoms with E-state index in [-0.39, 0.29) is 23.6 Å². The largest absolute Gasteiger partial charge is 0.336 e. The molecule has 0 aromatic carbocycles. The van der Waals surface area contributed by atoms with Crippen molar-refractivity contribution in [2.24, 2.45) is 0 Å². The van der Waals surface area contributed by atoms with Crippen LogP contribution in [0.1, 0.15) is 13.8 Å². The van der Waals surface area contributed by atoms with Gasteiger partial charge in [0, 0.05) is 25.7 Å². The SMILES string of the molecule is CSC(C)C(=O)N1CCNC[C@H]1C.Cl. The summed E-state index contributed by atoms with van der Waals surface area (Å²) >= 11 is 1.62. The van der Waals surface area contributed by atoms with Gasteiger partial charge in [-0.05, 0) is 20.1 Å². The van der Waals surface area contributed by atoms with Crippen LogP contribution >= 0.6 is 24.2 Å². The molecule has 0 radical (unpaired) electrons. The van der Waals surface area contributed by atoms with Crippen LogP contribution < -0.4 is 5.32 Å². The number of hydrogen-bond donors (Lipinski definition) is 1. The molecule has 84 valence electrons. The van der Waals surface area contributed by atoms with Crippen LogP contribution in [0.5, 0.6) is 0 Å². The summed E-state index contributed by atoms with van der Waals surface area (Å²) in [6, 6.07) is 0.343. The molecule has 0 aliphatic carbocycles. The molecule has 1 aliphatic rings. The van der Waals surface area contributed by atoms with Crippen molar-refractivity contribution in [2.75, 3.05) is 25.9 Å². The standard InChI is InChI=1S/C9H18N2OS.ClH/c1-7-6-10-4-5-11(7)9(12)8(2)13-3;/h7-8,10H,4-6H2,1-3H3;1H/t7-,8?;/m1./s1. The zero-order chi connectivity index (χ0) is 9.84. The van der Waals surface area contributed by atoms with Crippen molar-refractivity contribution < 1.29 is 4.79 Å². The third-order valence-electron chi connectivity index (χ3n) is 2.49. The van der Waals surface area contributed by atoms with E-state index in [9.17, 15) is 4.79 Å². The van der Waals surface area contributed by atoms with Gasteiger partial charge in [0.05, 0.1) is 5.25 Å². The second kappa shape index (κ2) is 6.53. The third kappa shape index (κ3) is 3.33. The minimum Gasteiger partial charge on any atom is -0.336 e. The van der Waals surface area contributed by atoms with Gasteiger partial charge in [0.2, 0.25) is 5.91 Å². The molecule has 5 heteroatoms. The molecule has 1 amide bonds. The van der Waals surface area contributed by atoms with E-state index in [1.165, 1.54) is 0 Å². The van der Waals surface area contributed by atoms with Crippen molar-refractivity contribution in [3.63, 3.8) is 0 Å². The van der Waals surface area contributed by atoms with Crippen molar-refractivity contribution in [1.82, 2.24) is 10.2 Å². The molecule has 3 nitrogen and oxygen atoms in total. The molecule has 0 bridgehead atoms. The molecule has 1 fully saturated rings. The molecule has 14 heavy (non-hydrogen) atoms. The Kier molecular flexibility index (Phi) is 6.57. The maximum absolute atomic E-state index is 11.8. The van der Waals surface area contributed by atoms with E-state index in [4.69, 9.17) is 0 Å². The minimum atomic E-state index is 0. The highest BCUT2D eigenvalue weighted by atomic mass is 35.5. The van der Waals surface area contributed by atoms with E-state index in [1.54, 1.807) is 11.8 Å². The first-order valence-corrected chi connectivity index (χ1v) is 5.99. The van der Waals surface area contributed by atoms with Gasteiger partial charge >= 0.3 is 0 Å². The Morgan fingerprint density at radius 1 is 1.64 bits per heavy atom. The average Bonchev–Trinajstić information content (AvgIpc) is 2.16. The Morgan fingerprint density at radius 2 is 2.29 bits per heavy atom. The molecular formula is C9H19ClN2OS. The van der Waals surface area contributed by atoms with Gasteiger partial charge in [-0.25, -0.2) is 0 Å². The topological polar surface area (TPSA) is 32.3 Å². The number of hydrogen-bond acceptors (Lipinski definition) is 3. The molecule has 1 unspecified atom stereocenters. The highest BCUT2D eigenvalue weighted by Crippen LogP contribution is 2.12. The summed E-state index contributed by atoms with van der Waals surface area (Å²) < 4.78 is 0. The first-order chi connectivity index (χ1) is 6.16. The molecule has 1 heterocycles. The summed E-state index contributed by atoms with van der Waals surface area (Å²) in [6.07, 6.45) is 1.98. The van der Waals surface area contributed by atoms with Crippen LogP contribution in [0.3, 0.4) is 0 Å². The van der Waals surface area contributed by atoms with Gasteiger partial charge in [0.1, 0.15) is 0 Å². The number of thioether (sulfide) groups is 1. The lowest BCUT2D eigenvalue weighted by Gasteiger charge is -2.35. The highest BCUT2D eigenvalue weighted by molar-refractivity contribution is 7.99. The monoisotopic (exact) mass is 238 g/mol. The molecule has 1 aliphatic heterocycles. The molecular weight excluding hydrogens is 220 g/mol. The van der Waals surface area contributed by atoms with Gasteiger partial charge in [-0.15, -0.1) is 12.4 Å². The molecule has 0 saturated carbocycles. The second-order valence-electron chi connectivity index (χ2n) is 3.46. The number of amides is 1. The fourth-order valence-electron chi connectivity index (χ4n) is 1.50. The van der Waals surface area contributed by atoms with Crippen LogP contribution in [0.15, 0.2) is 0 Å². The fourth-order valence-corrected chi connectivity index (χ4v) is 1.84. The fraction of sp³-hybridized carbons (Fsp3) is 0.889. The second-order valence-corrected chi connectivity index (χ2v) is 4.64.